The van der Waals surface area contributed by atoms with Gasteiger partial charge in [-0.3, -0.25) is 0 Å². The van der Waals surface area contributed by atoms with Gasteiger partial charge in [0.25, 0.3) is 0 Å². The Morgan fingerprint density at radius 2 is 0.549 bits per heavy atom. The average molecular weight is 739 g/mol. The van der Waals surface area contributed by atoms with Crippen molar-refractivity contribution in [2.45, 2.75) is 77.6 Å². The third-order valence-electron chi connectivity index (χ3n) is 7.25. The lowest BCUT2D eigenvalue weighted by Crippen LogP contribution is -2.15. The summed E-state index contributed by atoms with van der Waals surface area (Å²) in [7, 11) is 0. The number of ether oxygens (including phenoxy) is 12. The van der Waals surface area contributed by atoms with Gasteiger partial charge in [0, 0.05) is 12.7 Å². The molecule has 0 aromatic carbocycles. The van der Waals surface area contributed by atoms with Gasteiger partial charge in [-0.05, 0) is 6.42 Å². The molecule has 51 heavy (non-hydrogen) atoms. The van der Waals surface area contributed by atoms with Gasteiger partial charge in [0.2, 0.25) is 0 Å². The number of hydrogen-bond acceptors (Lipinski definition) is 13. The monoisotopic (exact) mass is 739 g/mol. The van der Waals surface area contributed by atoms with Crippen LogP contribution in [0.2, 0.25) is 0 Å². The van der Waals surface area contributed by atoms with Crippen molar-refractivity contribution >= 4 is 5.97 Å². The molecule has 0 fully saturated rings. The highest BCUT2D eigenvalue weighted by atomic mass is 16.6. The van der Waals surface area contributed by atoms with Gasteiger partial charge in [-0.25, -0.2) is 4.79 Å². The summed E-state index contributed by atoms with van der Waals surface area (Å²) in [5.74, 6) is -0.457. The number of unbranched alkanes of at least 4 members (excludes halogenated alkanes) is 10. The molecule has 13 nitrogen and oxygen atoms in total. The van der Waals surface area contributed by atoms with Crippen LogP contribution in [0.15, 0.2) is 12.7 Å². The highest BCUT2D eigenvalue weighted by Crippen LogP contribution is 2.11. The number of carbonyl (C=O) groups is 1. The SMILES string of the molecule is C=CC(=O)OCCOCCOCCOCCOCCOCCOCCOCCOCCOCCOCCOCCCCCCCCCCCCC. The lowest BCUT2D eigenvalue weighted by molar-refractivity contribution is -0.139. The number of hydrogen-bond donors (Lipinski definition) is 0. The minimum absolute atomic E-state index is 0.200. The van der Waals surface area contributed by atoms with Gasteiger partial charge in [-0.1, -0.05) is 77.7 Å². The van der Waals surface area contributed by atoms with E-state index in [-0.39, 0.29) is 6.61 Å². The van der Waals surface area contributed by atoms with E-state index < -0.39 is 5.97 Å². The van der Waals surface area contributed by atoms with E-state index in [1.165, 1.54) is 64.2 Å². The van der Waals surface area contributed by atoms with Crippen LogP contribution in [0.4, 0.5) is 0 Å². The highest BCUT2D eigenvalue weighted by Gasteiger charge is 1.98. The Labute approximate surface area is 309 Å². The number of rotatable bonds is 46. The summed E-state index contributed by atoms with van der Waals surface area (Å²) in [4.78, 5) is 10.9. The molecule has 0 unspecified atom stereocenters. The molecule has 0 aliphatic carbocycles. The first kappa shape index (κ1) is 49.8. The van der Waals surface area contributed by atoms with Crippen molar-refractivity contribution in [3.8, 4) is 0 Å². The van der Waals surface area contributed by atoms with Crippen LogP contribution in [0.3, 0.4) is 0 Å². The second-order valence-corrected chi connectivity index (χ2v) is 11.6. The van der Waals surface area contributed by atoms with Gasteiger partial charge in [-0.2, -0.15) is 0 Å². The maximum absolute atomic E-state index is 10.9. The third-order valence-corrected chi connectivity index (χ3v) is 7.25. The Morgan fingerprint density at radius 1 is 0.333 bits per heavy atom. The van der Waals surface area contributed by atoms with Crippen LogP contribution >= 0.6 is 0 Å². The Morgan fingerprint density at radius 3 is 0.804 bits per heavy atom. The Bertz CT molecular complexity index is 672. The summed E-state index contributed by atoms with van der Waals surface area (Å²) in [6.07, 6.45) is 16.0. The zero-order chi connectivity index (χ0) is 36.8. The molecule has 0 aliphatic rings. The predicted molar refractivity (Wildman–Crippen MR) is 197 cm³/mol. The molecule has 0 aromatic rings. The molecule has 0 N–H and O–H groups in total. The first-order valence-electron chi connectivity index (χ1n) is 19.5. The van der Waals surface area contributed by atoms with Crippen molar-refractivity contribution in [1.29, 1.82) is 0 Å². The van der Waals surface area contributed by atoms with Crippen LogP contribution < -0.4 is 0 Å². The molecule has 0 saturated carbocycles. The van der Waals surface area contributed by atoms with Gasteiger partial charge in [0.05, 0.1) is 139 Å². The van der Waals surface area contributed by atoms with E-state index in [1.54, 1.807) is 0 Å². The maximum Gasteiger partial charge on any atom is 0.330 e. The quantitative estimate of drug-likeness (QED) is 0.0461. The fourth-order valence-corrected chi connectivity index (χ4v) is 4.43. The Hall–Kier alpha value is -1.23. The lowest BCUT2D eigenvalue weighted by Gasteiger charge is -2.09. The van der Waals surface area contributed by atoms with Crippen molar-refractivity contribution < 1.29 is 61.6 Å². The zero-order valence-corrected chi connectivity index (χ0v) is 32.1. The normalized spacial score (nSPS) is 11.4. The molecule has 304 valence electrons. The zero-order valence-electron chi connectivity index (χ0n) is 32.1. The summed E-state index contributed by atoms with van der Waals surface area (Å²) in [6.45, 7) is 17.2. The molecule has 0 amide bonds. The van der Waals surface area contributed by atoms with Crippen molar-refractivity contribution in [2.24, 2.45) is 0 Å². The van der Waals surface area contributed by atoms with Gasteiger partial charge >= 0.3 is 5.97 Å². The Kier molecular flexibility index (Phi) is 45.7. The van der Waals surface area contributed by atoms with E-state index >= 15 is 0 Å². The average Bonchev–Trinajstić information content (AvgIpc) is 3.14. The first-order chi connectivity index (χ1) is 25.3. The molecule has 0 rings (SSSR count). The van der Waals surface area contributed by atoms with E-state index in [0.29, 0.717) is 139 Å². The summed E-state index contributed by atoms with van der Waals surface area (Å²) in [5.41, 5.74) is 0. The van der Waals surface area contributed by atoms with Gasteiger partial charge in [0.1, 0.15) is 6.61 Å². The van der Waals surface area contributed by atoms with Crippen LogP contribution in [0.25, 0.3) is 0 Å². The summed E-state index contributed by atoms with van der Waals surface area (Å²) in [6, 6.07) is 0. The van der Waals surface area contributed by atoms with Crippen molar-refractivity contribution in [1.82, 2.24) is 0 Å². The molecule has 13 heteroatoms. The molecule has 0 radical (unpaired) electrons. The summed E-state index contributed by atoms with van der Waals surface area (Å²) < 4.78 is 65.1. The second-order valence-electron chi connectivity index (χ2n) is 11.6. The van der Waals surface area contributed by atoms with E-state index in [0.717, 1.165) is 19.1 Å². The van der Waals surface area contributed by atoms with Crippen molar-refractivity contribution in [3.63, 3.8) is 0 Å². The summed E-state index contributed by atoms with van der Waals surface area (Å²) in [5, 5.41) is 0. The minimum Gasteiger partial charge on any atom is -0.460 e. The fourth-order valence-electron chi connectivity index (χ4n) is 4.43. The second kappa shape index (κ2) is 46.8. The first-order valence-corrected chi connectivity index (χ1v) is 19.5. The Balaban J connectivity index is 3.06. The van der Waals surface area contributed by atoms with Gasteiger partial charge < -0.3 is 56.8 Å². The molecule has 0 heterocycles. The molecule has 0 atom stereocenters. The molecule has 0 spiro atoms. The smallest absolute Gasteiger partial charge is 0.330 e. The minimum atomic E-state index is -0.457. The van der Waals surface area contributed by atoms with E-state index in [4.69, 9.17) is 56.8 Å². The largest absolute Gasteiger partial charge is 0.460 e. The van der Waals surface area contributed by atoms with Crippen LogP contribution in [0.1, 0.15) is 77.6 Å². The van der Waals surface area contributed by atoms with Crippen LogP contribution in [0.5, 0.6) is 0 Å². The van der Waals surface area contributed by atoms with Gasteiger partial charge in [-0.15, -0.1) is 0 Å². The van der Waals surface area contributed by atoms with Crippen LogP contribution in [-0.2, 0) is 61.6 Å². The van der Waals surface area contributed by atoms with E-state index in [9.17, 15) is 4.79 Å². The lowest BCUT2D eigenvalue weighted by atomic mass is 10.1. The number of esters is 1. The summed E-state index contributed by atoms with van der Waals surface area (Å²) >= 11 is 0. The molecule has 0 aliphatic heterocycles. The topological polar surface area (TPSA) is 128 Å². The third kappa shape index (κ3) is 46.7. The van der Waals surface area contributed by atoms with Crippen molar-refractivity contribution in [3.05, 3.63) is 12.7 Å². The van der Waals surface area contributed by atoms with Crippen molar-refractivity contribution in [2.75, 3.05) is 152 Å². The molecular formula is C38H74O13. The molecule has 0 aromatic heterocycles. The maximum atomic E-state index is 10.9. The molecular weight excluding hydrogens is 664 g/mol. The molecule has 0 bridgehead atoms. The standard InChI is InChI=1S/C38H74O13/c1-3-5-6-7-8-9-10-11-12-13-14-15-40-16-17-41-18-19-42-20-21-43-22-23-44-24-25-45-26-27-46-28-29-47-30-31-48-32-33-49-34-35-50-36-37-51-38(39)4-2/h4H,2-3,5-37H2,1H3. The van der Waals surface area contributed by atoms with Crippen LogP contribution in [-0.4, -0.2) is 158 Å². The number of carbonyl (C=O) groups excluding carboxylic acids is 1. The van der Waals surface area contributed by atoms with Gasteiger partial charge in [0.15, 0.2) is 0 Å². The van der Waals surface area contributed by atoms with Crippen LogP contribution in [0, 0.1) is 0 Å². The van der Waals surface area contributed by atoms with E-state index in [2.05, 4.69) is 13.5 Å². The van der Waals surface area contributed by atoms with E-state index in [1.807, 2.05) is 0 Å². The molecule has 0 saturated heterocycles. The highest BCUT2D eigenvalue weighted by molar-refractivity contribution is 5.81. The predicted octanol–water partition coefficient (Wildman–Crippen LogP) is 5.21. The fraction of sp³-hybridized carbons (Fsp3) is 0.921.